The molecule has 1 N–H and O–H groups in total. The third-order valence-electron chi connectivity index (χ3n) is 4.81. The monoisotopic (exact) mass is 414 g/mol. The van der Waals surface area contributed by atoms with Crippen LogP contribution in [-0.2, 0) is 11.4 Å². The Morgan fingerprint density at radius 3 is 2.81 bits per heavy atom. The van der Waals surface area contributed by atoms with Gasteiger partial charge in [-0.2, -0.15) is 5.26 Å². The first-order valence-corrected chi connectivity index (χ1v) is 9.49. The molecule has 0 saturated heterocycles. The number of aromatic nitrogens is 1. The Kier molecular flexibility index (Phi) is 5.54. The average molecular weight is 414 g/mol. The van der Waals surface area contributed by atoms with E-state index in [9.17, 15) is 15.2 Å². The van der Waals surface area contributed by atoms with E-state index in [0.29, 0.717) is 16.9 Å². The fourth-order valence-electron chi connectivity index (χ4n) is 3.19. The maximum absolute atomic E-state index is 11.9. The van der Waals surface area contributed by atoms with E-state index >= 15 is 0 Å². The number of oxazole rings is 1. The van der Waals surface area contributed by atoms with Crippen LogP contribution in [0.3, 0.4) is 0 Å². The molecule has 4 rings (SSSR count). The Labute approximate surface area is 178 Å². The Bertz CT molecular complexity index is 1290. The van der Waals surface area contributed by atoms with Gasteiger partial charge in [-0.3, -0.25) is 0 Å². The molecule has 0 aliphatic rings. The van der Waals surface area contributed by atoms with Crippen molar-refractivity contribution in [3.05, 3.63) is 89.3 Å². The van der Waals surface area contributed by atoms with Crippen LogP contribution in [0, 0.1) is 18.3 Å². The van der Waals surface area contributed by atoms with E-state index in [1.54, 1.807) is 24.3 Å². The number of benzene rings is 3. The Morgan fingerprint density at radius 2 is 2.03 bits per heavy atom. The highest BCUT2D eigenvalue weighted by molar-refractivity contribution is 5.75. The molecule has 7 heteroatoms. The first-order chi connectivity index (χ1) is 15.0. The highest BCUT2D eigenvalue weighted by Gasteiger charge is 2.25. The number of ether oxygens (including phenoxy) is 2. The number of nitriles is 1. The highest BCUT2D eigenvalue weighted by Crippen LogP contribution is 2.31. The van der Waals surface area contributed by atoms with Crippen LogP contribution < -0.4 is 9.47 Å². The topological polar surface area (TPSA) is 106 Å². The molecule has 0 unspecified atom stereocenters. The molecule has 0 fully saturated rings. The number of rotatable bonds is 7. The summed E-state index contributed by atoms with van der Waals surface area (Å²) in [6.45, 7) is 2.06. The highest BCUT2D eigenvalue weighted by atomic mass is 16.5. The summed E-state index contributed by atoms with van der Waals surface area (Å²) in [6, 6.07) is 19.4. The van der Waals surface area contributed by atoms with Gasteiger partial charge in [0.2, 0.25) is 6.10 Å². The Hall–Kier alpha value is -4.31. The van der Waals surface area contributed by atoms with Crippen LogP contribution in [0.15, 0.2) is 71.5 Å². The van der Waals surface area contributed by atoms with Crippen LogP contribution in [0.25, 0.3) is 11.1 Å². The van der Waals surface area contributed by atoms with Crippen LogP contribution in [0.4, 0.5) is 0 Å². The van der Waals surface area contributed by atoms with Crippen LogP contribution in [0.5, 0.6) is 11.5 Å². The molecule has 1 aromatic heterocycles. The van der Waals surface area contributed by atoms with Crippen LogP contribution >= 0.6 is 0 Å². The third-order valence-corrected chi connectivity index (χ3v) is 4.81. The van der Waals surface area contributed by atoms with E-state index in [2.05, 4.69) is 4.98 Å². The van der Waals surface area contributed by atoms with Crippen molar-refractivity contribution in [2.45, 2.75) is 19.6 Å². The summed E-state index contributed by atoms with van der Waals surface area (Å²) >= 11 is 0. The minimum atomic E-state index is -1.25. The van der Waals surface area contributed by atoms with Crippen LogP contribution in [0.1, 0.15) is 28.4 Å². The van der Waals surface area contributed by atoms with Crippen molar-refractivity contribution >= 4 is 17.1 Å². The van der Waals surface area contributed by atoms with Crippen molar-refractivity contribution in [1.29, 1.82) is 5.26 Å². The molecule has 0 saturated carbocycles. The molecule has 0 spiro atoms. The number of aryl methyl sites for hydroxylation is 1. The fraction of sp³-hybridized carbons (Fsp3) is 0.125. The molecule has 4 aromatic rings. The minimum absolute atomic E-state index is 0.140. The van der Waals surface area contributed by atoms with Gasteiger partial charge in [0.05, 0.1) is 5.56 Å². The van der Waals surface area contributed by atoms with Gasteiger partial charge in [-0.1, -0.05) is 30.3 Å². The zero-order valence-corrected chi connectivity index (χ0v) is 16.6. The molecule has 31 heavy (non-hydrogen) atoms. The molecule has 7 nitrogen and oxygen atoms in total. The second-order valence-corrected chi connectivity index (χ2v) is 6.91. The van der Waals surface area contributed by atoms with Gasteiger partial charge in [0, 0.05) is 11.6 Å². The molecule has 3 aromatic carbocycles. The normalized spacial score (nSPS) is 11.6. The standard InChI is InChI=1S/C24H18N2O5/c1-15-4-2-3-5-19(15)23(24(27)28)31-21-11-18(8-7-17(21)12-25)29-13-16-6-9-20-22(10-16)30-14-26-20/h2-11,14,23H,13H2,1H3,(H,27,28)/t23-/m0/s1. The third kappa shape index (κ3) is 4.33. The summed E-state index contributed by atoms with van der Waals surface area (Å²) in [5, 5.41) is 19.2. The predicted molar refractivity (Wildman–Crippen MR) is 112 cm³/mol. The Balaban J connectivity index is 1.57. The quantitative estimate of drug-likeness (QED) is 0.463. The Morgan fingerprint density at radius 1 is 1.19 bits per heavy atom. The van der Waals surface area contributed by atoms with Crippen molar-refractivity contribution in [2.75, 3.05) is 0 Å². The summed E-state index contributed by atoms with van der Waals surface area (Å²) in [4.78, 5) is 16.0. The second-order valence-electron chi connectivity index (χ2n) is 6.91. The molecule has 1 atom stereocenters. The number of nitrogens with zero attached hydrogens (tertiary/aromatic N) is 2. The number of aliphatic carboxylic acids is 1. The smallest absolute Gasteiger partial charge is 0.349 e. The second kappa shape index (κ2) is 8.59. The minimum Gasteiger partial charge on any atom is -0.489 e. The number of hydrogen-bond acceptors (Lipinski definition) is 6. The zero-order chi connectivity index (χ0) is 21.8. The molecule has 154 valence electrons. The van der Waals surface area contributed by atoms with E-state index in [1.165, 1.54) is 12.5 Å². The van der Waals surface area contributed by atoms with E-state index < -0.39 is 12.1 Å². The van der Waals surface area contributed by atoms with E-state index in [1.807, 2.05) is 43.3 Å². The predicted octanol–water partition coefficient (Wildman–Crippen LogP) is 4.79. The van der Waals surface area contributed by atoms with Crippen molar-refractivity contribution in [2.24, 2.45) is 0 Å². The number of carbonyl (C=O) groups is 1. The lowest BCUT2D eigenvalue weighted by atomic mass is 10.0. The number of fused-ring (bicyclic) bond motifs is 1. The number of carboxylic acids is 1. The van der Waals surface area contributed by atoms with Gasteiger partial charge in [0.15, 0.2) is 12.0 Å². The van der Waals surface area contributed by atoms with Crippen LogP contribution in [0.2, 0.25) is 0 Å². The van der Waals surface area contributed by atoms with Gasteiger partial charge in [-0.05, 0) is 42.3 Å². The van der Waals surface area contributed by atoms with Crippen molar-refractivity contribution < 1.29 is 23.8 Å². The SMILES string of the molecule is Cc1ccccc1[C@H](Oc1cc(OCc2ccc3ncoc3c2)ccc1C#N)C(=O)O. The lowest BCUT2D eigenvalue weighted by Crippen LogP contribution is -2.19. The molecule has 1 heterocycles. The van der Waals surface area contributed by atoms with Crippen LogP contribution in [-0.4, -0.2) is 16.1 Å². The first-order valence-electron chi connectivity index (χ1n) is 9.49. The maximum atomic E-state index is 11.9. The summed E-state index contributed by atoms with van der Waals surface area (Å²) in [7, 11) is 0. The van der Waals surface area contributed by atoms with Gasteiger partial charge in [0.25, 0.3) is 0 Å². The van der Waals surface area contributed by atoms with E-state index in [0.717, 1.165) is 16.6 Å². The molecule has 0 radical (unpaired) electrons. The van der Waals surface area contributed by atoms with E-state index in [-0.39, 0.29) is 17.9 Å². The maximum Gasteiger partial charge on any atom is 0.349 e. The summed E-state index contributed by atoms with van der Waals surface area (Å²) in [6.07, 6.45) is 0.129. The lowest BCUT2D eigenvalue weighted by molar-refractivity contribution is -0.145. The van der Waals surface area contributed by atoms with Gasteiger partial charge in [0.1, 0.15) is 29.7 Å². The zero-order valence-electron chi connectivity index (χ0n) is 16.6. The summed E-state index contributed by atoms with van der Waals surface area (Å²) in [5.41, 5.74) is 3.81. The lowest BCUT2D eigenvalue weighted by Gasteiger charge is -2.19. The molecule has 0 amide bonds. The summed E-state index contributed by atoms with van der Waals surface area (Å²) in [5.74, 6) is -0.563. The van der Waals surface area contributed by atoms with Crippen molar-refractivity contribution in [3.63, 3.8) is 0 Å². The number of hydrogen-bond donors (Lipinski definition) is 1. The molecule has 0 aliphatic carbocycles. The number of carboxylic acid groups (broad SMARTS) is 1. The van der Waals surface area contributed by atoms with Crippen molar-refractivity contribution in [3.8, 4) is 17.6 Å². The average Bonchev–Trinajstić information content (AvgIpc) is 3.24. The first kappa shape index (κ1) is 20.0. The largest absolute Gasteiger partial charge is 0.489 e. The molecular formula is C24H18N2O5. The molecule has 0 bridgehead atoms. The van der Waals surface area contributed by atoms with Gasteiger partial charge in [-0.25, -0.2) is 9.78 Å². The van der Waals surface area contributed by atoms with Gasteiger partial charge in [-0.15, -0.1) is 0 Å². The molecular weight excluding hydrogens is 396 g/mol. The van der Waals surface area contributed by atoms with E-state index in [4.69, 9.17) is 13.9 Å². The fourth-order valence-corrected chi connectivity index (χ4v) is 3.19. The van der Waals surface area contributed by atoms with Crippen molar-refractivity contribution in [1.82, 2.24) is 4.98 Å². The van der Waals surface area contributed by atoms with Gasteiger partial charge < -0.3 is 19.0 Å². The molecule has 0 aliphatic heterocycles. The summed E-state index contributed by atoms with van der Waals surface area (Å²) < 4.78 is 16.9. The van der Waals surface area contributed by atoms with Gasteiger partial charge >= 0.3 is 5.97 Å².